The van der Waals surface area contributed by atoms with E-state index in [0.29, 0.717) is 0 Å². The molecule has 1 aliphatic heterocycles. The average Bonchev–Trinajstić information content (AvgIpc) is 2.13. The van der Waals surface area contributed by atoms with Gasteiger partial charge in [0.15, 0.2) is 0 Å². The maximum Gasteiger partial charge on any atom is 0.123 e. The van der Waals surface area contributed by atoms with E-state index in [4.69, 9.17) is 10.5 Å². The summed E-state index contributed by atoms with van der Waals surface area (Å²) < 4.78 is 6.05. The van der Waals surface area contributed by atoms with Crippen molar-refractivity contribution >= 4 is 0 Å². The van der Waals surface area contributed by atoms with Crippen LogP contribution >= 0.6 is 0 Å². The summed E-state index contributed by atoms with van der Waals surface area (Å²) in [6.07, 6.45) is 1.02. The van der Waals surface area contributed by atoms with Crippen LogP contribution in [-0.2, 0) is 5.41 Å². The van der Waals surface area contributed by atoms with Gasteiger partial charge in [0.25, 0.3) is 0 Å². The van der Waals surface area contributed by atoms with Gasteiger partial charge >= 0.3 is 0 Å². The molecule has 2 N–H and O–H groups in total. The Kier molecular flexibility index (Phi) is 2.74. The van der Waals surface area contributed by atoms with E-state index in [-0.39, 0.29) is 17.1 Å². The molecule has 2 nitrogen and oxygen atoms in total. The molecule has 0 spiro atoms. The molecule has 2 rings (SSSR count). The van der Waals surface area contributed by atoms with Crippen molar-refractivity contribution in [2.24, 2.45) is 5.73 Å². The zero-order valence-electron chi connectivity index (χ0n) is 11.5. The molecule has 0 radical (unpaired) electrons. The van der Waals surface area contributed by atoms with Gasteiger partial charge in [0.2, 0.25) is 0 Å². The molecule has 1 atom stereocenters. The first kappa shape index (κ1) is 12.4. The summed E-state index contributed by atoms with van der Waals surface area (Å²) >= 11 is 0. The number of benzene rings is 1. The second-order valence-electron chi connectivity index (χ2n) is 6.47. The van der Waals surface area contributed by atoms with E-state index in [0.717, 1.165) is 12.2 Å². The third-order valence-corrected chi connectivity index (χ3v) is 3.51. The molecule has 0 bridgehead atoms. The third kappa shape index (κ3) is 2.32. The Morgan fingerprint density at radius 3 is 2.47 bits per heavy atom. The number of ether oxygens (including phenoxy) is 1. The molecule has 0 saturated carbocycles. The van der Waals surface area contributed by atoms with Crippen LogP contribution in [0.2, 0.25) is 0 Å². The molecule has 0 saturated heterocycles. The Labute approximate surface area is 104 Å². The number of hydrogen-bond donors (Lipinski definition) is 1. The van der Waals surface area contributed by atoms with Crippen LogP contribution in [0.25, 0.3) is 0 Å². The van der Waals surface area contributed by atoms with Crippen LogP contribution in [0.4, 0.5) is 0 Å². The summed E-state index contributed by atoms with van der Waals surface area (Å²) in [5.41, 5.74) is 8.46. The highest BCUT2D eigenvalue weighted by Gasteiger charge is 2.38. The van der Waals surface area contributed by atoms with Gasteiger partial charge in [-0.15, -0.1) is 0 Å². The SMILES string of the molecule is CC(N)c1ccc2c(c1)C(C)(C)CC(C)(C)O2. The third-order valence-electron chi connectivity index (χ3n) is 3.51. The molecule has 1 aliphatic rings. The van der Waals surface area contributed by atoms with E-state index >= 15 is 0 Å². The monoisotopic (exact) mass is 233 g/mol. The van der Waals surface area contributed by atoms with Gasteiger partial charge in [0, 0.05) is 11.6 Å². The smallest absolute Gasteiger partial charge is 0.123 e. The van der Waals surface area contributed by atoms with Crippen LogP contribution in [-0.4, -0.2) is 5.60 Å². The first-order valence-electron chi connectivity index (χ1n) is 6.30. The standard InChI is InChI=1S/C15H23NO/c1-10(16)11-6-7-13-12(8-11)14(2,3)9-15(4,5)17-13/h6-8,10H,9,16H2,1-5H3. The zero-order valence-corrected chi connectivity index (χ0v) is 11.5. The molecular formula is C15H23NO. The molecular weight excluding hydrogens is 210 g/mol. The summed E-state index contributed by atoms with van der Waals surface area (Å²) in [4.78, 5) is 0. The predicted octanol–water partition coefficient (Wildman–Crippen LogP) is 3.55. The molecule has 1 aromatic rings. The highest BCUT2D eigenvalue weighted by molar-refractivity contribution is 5.45. The van der Waals surface area contributed by atoms with Crippen molar-refractivity contribution in [2.75, 3.05) is 0 Å². The summed E-state index contributed by atoms with van der Waals surface area (Å²) in [6.45, 7) is 10.9. The molecule has 17 heavy (non-hydrogen) atoms. The predicted molar refractivity (Wildman–Crippen MR) is 71.4 cm³/mol. The molecule has 2 heteroatoms. The normalized spacial score (nSPS) is 22.5. The fourth-order valence-corrected chi connectivity index (χ4v) is 2.94. The van der Waals surface area contributed by atoms with Crippen LogP contribution in [0.3, 0.4) is 0 Å². The number of fused-ring (bicyclic) bond motifs is 1. The minimum atomic E-state index is -0.0909. The number of hydrogen-bond acceptors (Lipinski definition) is 2. The van der Waals surface area contributed by atoms with E-state index in [1.54, 1.807) is 0 Å². The Bertz CT molecular complexity index is 433. The average molecular weight is 233 g/mol. The summed E-state index contributed by atoms with van der Waals surface area (Å²) in [5, 5.41) is 0. The fourth-order valence-electron chi connectivity index (χ4n) is 2.94. The fraction of sp³-hybridized carbons (Fsp3) is 0.600. The van der Waals surface area contributed by atoms with Crippen molar-refractivity contribution in [3.05, 3.63) is 29.3 Å². The molecule has 1 unspecified atom stereocenters. The minimum absolute atomic E-state index is 0.0750. The van der Waals surface area contributed by atoms with Crippen molar-refractivity contribution in [3.63, 3.8) is 0 Å². The van der Waals surface area contributed by atoms with Crippen molar-refractivity contribution in [2.45, 2.75) is 58.1 Å². The topological polar surface area (TPSA) is 35.2 Å². The van der Waals surface area contributed by atoms with Gasteiger partial charge in [0.1, 0.15) is 11.4 Å². The van der Waals surface area contributed by atoms with Gasteiger partial charge in [0.05, 0.1) is 0 Å². The highest BCUT2D eigenvalue weighted by Crippen LogP contribution is 2.45. The summed E-state index contributed by atoms with van der Waals surface area (Å²) in [7, 11) is 0. The summed E-state index contributed by atoms with van der Waals surface area (Å²) in [6, 6.07) is 6.42. The first-order valence-corrected chi connectivity index (χ1v) is 6.30. The van der Waals surface area contributed by atoms with E-state index in [1.807, 2.05) is 6.92 Å². The van der Waals surface area contributed by atoms with Gasteiger partial charge in [-0.25, -0.2) is 0 Å². The lowest BCUT2D eigenvalue weighted by molar-refractivity contribution is 0.0533. The summed E-state index contributed by atoms with van der Waals surface area (Å²) in [5.74, 6) is 1.01. The zero-order chi connectivity index (χ0) is 12.8. The molecule has 1 heterocycles. The number of nitrogens with two attached hydrogens (primary N) is 1. The van der Waals surface area contributed by atoms with Crippen LogP contribution in [0.15, 0.2) is 18.2 Å². The van der Waals surface area contributed by atoms with Crippen molar-refractivity contribution < 1.29 is 4.74 Å². The first-order chi connectivity index (χ1) is 7.71. The quantitative estimate of drug-likeness (QED) is 0.805. The van der Waals surface area contributed by atoms with Gasteiger partial charge in [-0.05, 0) is 44.2 Å². The van der Waals surface area contributed by atoms with Crippen LogP contribution in [0, 0.1) is 0 Å². The van der Waals surface area contributed by atoms with Crippen LogP contribution in [0.5, 0.6) is 5.75 Å². The Balaban J connectivity index is 2.51. The van der Waals surface area contributed by atoms with Crippen molar-refractivity contribution in [3.8, 4) is 5.75 Å². The Morgan fingerprint density at radius 1 is 1.24 bits per heavy atom. The van der Waals surface area contributed by atoms with Gasteiger partial charge in [-0.3, -0.25) is 0 Å². The number of rotatable bonds is 1. The van der Waals surface area contributed by atoms with Crippen molar-refractivity contribution in [1.29, 1.82) is 0 Å². The molecule has 0 fully saturated rings. The molecule has 0 aliphatic carbocycles. The van der Waals surface area contributed by atoms with Crippen LogP contribution in [0.1, 0.15) is 58.2 Å². The maximum atomic E-state index is 6.05. The largest absolute Gasteiger partial charge is 0.488 e. The lowest BCUT2D eigenvalue weighted by Crippen LogP contribution is -2.41. The Hall–Kier alpha value is -1.02. The lowest BCUT2D eigenvalue weighted by Gasteiger charge is -2.42. The van der Waals surface area contributed by atoms with Gasteiger partial charge in [-0.1, -0.05) is 26.0 Å². The Morgan fingerprint density at radius 2 is 1.88 bits per heavy atom. The minimum Gasteiger partial charge on any atom is -0.488 e. The van der Waals surface area contributed by atoms with E-state index in [2.05, 4.69) is 45.9 Å². The van der Waals surface area contributed by atoms with Crippen LogP contribution < -0.4 is 10.5 Å². The highest BCUT2D eigenvalue weighted by atomic mass is 16.5. The van der Waals surface area contributed by atoms with E-state index in [9.17, 15) is 0 Å². The molecule has 1 aromatic carbocycles. The van der Waals surface area contributed by atoms with Gasteiger partial charge < -0.3 is 10.5 Å². The molecule has 94 valence electrons. The maximum absolute atomic E-state index is 6.05. The van der Waals surface area contributed by atoms with E-state index in [1.165, 1.54) is 11.1 Å². The lowest BCUT2D eigenvalue weighted by atomic mass is 9.73. The molecule has 0 aromatic heterocycles. The van der Waals surface area contributed by atoms with E-state index < -0.39 is 0 Å². The second kappa shape index (κ2) is 3.74. The van der Waals surface area contributed by atoms with Gasteiger partial charge in [-0.2, -0.15) is 0 Å². The molecule has 0 amide bonds. The second-order valence-corrected chi connectivity index (χ2v) is 6.47. The van der Waals surface area contributed by atoms with Crippen molar-refractivity contribution in [1.82, 2.24) is 0 Å².